The third kappa shape index (κ3) is 2.78. The van der Waals surface area contributed by atoms with Crippen LogP contribution in [0.25, 0.3) is 0 Å². The molecule has 18 heavy (non-hydrogen) atoms. The molecule has 0 atom stereocenters. The van der Waals surface area contributed by atoms with Gasteiger partial charge in [-0.1, -0.05) is 23.7 Å². The van der Waals surface area contributed by atoms with Crippen molar-refractivity contribution < 1.29 is 9.59 Å². The number of para-hydroxylation sites is 1. The molecule has 1 heterocycles. The number of rotatable bonds is 1. The molecule has 0 radical (unpaired) electrons. The van der Waals surface area contributed by atoms with E-state index in [0.717, 1.165) is 0 Å². The third-order valence-corrected chi connectivity index (χ3v) is 2.65. The Hall–Kier alpha value is -2.08. The van der Waals surface area contributed by atoms with Crippen molar-refractivity contribution in [2.45, 2.75) is 0 Å². The molecule has 1 aromatic rings. The number of amides is 3. The van der Waals surface area contributed by atoms with Crippen LogP contribution in [0, 0.1) is 0 Å². The molecule has 3 amide bonds. The van der Waals surface area contributed by atoms with Gasteiger partial charge in [0.1, 0.15) is 0 Å². The van der Waals surface area contributed by atoms with E-state index in [1.165, 1.54) is 0 Å². The van der Waals surface area contributed by atoms with Crippen molar-refractivity contribution in [1.29, 1.82) is 0 Å². The number of aliphatic imine (C=N–C) groups is 1. The molecule has 0 bridgehead atoms. The van der Waals surface area contributed by atoms with Gasteiger partial charge < -0.3 is 10.2 Å². The Morgan fingerprint density at radius 3 is 2.83 bits per heavy atom. The molecule has 2 N–H and O–H groups in total. The first-order valence-corrected chi connectivity index (χ1v) is 5.59. The molecule has 2 rings (SSSR count). The molecule has 94 valence electrons. The fourth-order valence-corrected chi connectivity index (χ4v) is 1.65. The molecule has 0 saturated carbocycles. The number of halogens is 1. The maximum atomic E-state index is 11.6. The van der Waals surface area contributed by atoms with Crippen LogP contribution in [0.2, 0.25) is 5.02 Å². The maximum absolute atomic E-state index is 11.6. The minimum absolute atomic E-state index is 0.193. The predicted octanol–water partition coefficient (Wildman–Crippen LogP) is 1.29. The minimum Gasteiger partial charge on any atom is -0.336 e. The number of carbonyl (C=O) groups excluding carboxylic acids is 2. The summed E-state index contributed by atoms with van der Waals surface area (Å²) in [6.07, 6.45) is 0. The second-order valence-corrected chi connectivity index (χ2v) is 4.16. The Balaban J connectivity index is 2.08. The van der Waals surface area contributed by atoms with E-state index in [1.807, 2.05) is 0 Å². The lowest BCUT2D eigenvalue weighted by atomic mass is 10.3. The lowest BCUT2D eigenvalue weighted by Gasteiger charge is -2.08. The zero-order chi connectivity index (χ0) is 13.1. The standard InChI is InChI=1S/C11H11ClN4O2/c1-16-6-9(17)14-10(16)15-11(18)13-8-5-3-2-4-7(8)12/h2-5H,6H2,1H3,(H2,13,14,15,17,18). The average molecular weight is 267 g/mol. The van der Waals surface area contributed by atoms with Crippen LogP contribution in [-0.2, 0) is 4.79 Å². The van der Waals surface area contributed by atoms with Crippen LogP contribution in [-0.4, -0.2) is 36.4 Å². The van der Waals surface area contributed by atoms with Crippen molar-refractivity contribution >= 4 is 35.2 Å². The minimum atomic E-state index is -0.591. The van der Waals surface area contributed by atoms with Crippen molar-refractivity contribution in [3.05, 3.63) is 29.3 Å². The van der Waals surface area contributed by atoms with Gasteiger partial charge in [0, 0.05) is 7.05 Å². The Morgan fingerprint density at radius 2 is 2.22 bits per heavy atom. The van der Waals surface area contributed by atoms with Gasteiger partial charge in [0.15, 0.2) is 0 Å². The summed E-state index contributed by atoms with van der Waals surface area (Å²) in [4.78, 5) is 28.0. The number of guanidine groups is 1. The first kappa shape index (κ1) is 12.4. The largest absolute Gasteiger partial charge is 0.348 e. The molecule has 1 aliphatic rings. The molecule has 0 unspecified atom stereocenters. The Bertz CT molecular complexity index is 530. The molecule has 7 heteroatoms. The summed E-state index contributed by atoms with van der Waals surface area (Å²) in [5, 5.41) is 5.44. The lowest BCUT2D eigenvalue weighted by molar-refractivity contribution is -0.118. The van der Waals surface area contributed by atoms with E-state index >= 15 is 0 Å². The summed E-state index contributed by atoms with van der Waals surface area (Å²) in [6, 6.07) is 6.24. The molecule has 0 aliphatic carbocycles. The van der Waals surface area contributed by atoms with E-state index < -0.39 is 6.03 Å². The van der Waals surface area contributed by atoms with Crippen LogP contribution in [0.1, 0.15) is 0 Å². The molecular formula is C11H11ClN4O2. The fraction of sp³-hybridized carbons (Fsp3) is 0.182. The van der Waals surface area contributed by atoms with E-state index in [1.54, 1.807) is 36.2 Å². The predicted molar refractivity (Wildman–Crippen MR) is 68.7 cm³/mol. The van der Waals surface area contributed by atoms with Gasteiger partial charge in [-0.25, -0.2) is 4.79 Å². The maximum Gasteiger partial charge on any atom is 0.348 e. The number of urea groups is 1. The van der Waals surface area contributed by atoms with Gasteiger partial charge >= 0.3 is 6.03 Å². The fourth-order valence-electron chi connectivity index (χ4n) is 1.47. The van der Waals surface area contributed by atoms with Gasteiger partial charge in [0.2, 0.25) is 11.9 Å². The highest BCUT2D eigenvalue weighted by Crippen LogP contribution is 2.20. The topological polar surface area (TPSA) is 73.8 Å². The van der Waals surface area contributed by atoms with Crippen LogP contribution in [0.4, 0.5) is 10.5 Å². The van der Waals surface area contributed by atoms with Crippen molar-refractivity contribution in [3.8, 4) is 0 Å². The normalized spacial score (nSPS) is 16.9. The summed E-state index contributed by atoms with van der Waals surface area (Å²) in [5.74, 6) is 0.0337. The Labute approximate surface area is 109 Å². The first-order valence-electron chi connectivity index (χ1n) is 5.21. The molecule has 0 spiro atoms. The molecule has 1 aliphatic heterocycles. The van der Waals surface area contributed by atoms with Gasteiger partial charge in [-0.05, 0) is 12.1 Å². The number of hydrogen-bond acceptors (Lipinski definition) is 2. The highest BCUT2D eigenvalue weighted by molar-refractivity contribution is 6.33. The van der Waals surface area contributed by atoms with Gasteiger partial charge in [0.05, 0.1) is 17.3 Å². The van der Waals surface area contributed by atoms with E-state index in [4.69, 9.17) is 11.6 Å². The number of anilines is 1. The summed E-state index contributed by atoms with van der Waals surface area (Å²) in [5.41, 5.74) is 0.473. The highest BCUT2D eigenvalue weighted by Gasteiger charge is 2.22. The van der Waals surface area contributed by atoms with Crippen molar-refractivity contribution in [2.75, 3.05) is 18.9 Å². The summed E-state index contributed by atoms with van der Waals surface area (Å²) in [6.45, 7) is 0.193. The zero-order valence-corrected chi connectivity index (χ0v) is 10.4. The number of nitrogens with zero attached hydrogens (tertiary/aromatic N) is 2. The molecule has 1 aromatic carbocycles. The average Bonchev–Trinajstić information content (AvgIpc) is 2.61. The molecular weight excluding hydrogens is 256 g/mol. The molecule has 6 nitrogen and oxygen atoms in total. The number of benzene rings is 1. The smallest absolute Gasteiger partial charge is 0.336 e. The summed E-state index contributed by atoms with van der Waals surface area (Å²) in [7, 11) is 1.67. The van der Waals surface area contributed by atoms with Crippen LogP contribution < -0.4 is 10.6 Å². The summed E-state index contributed by atoms with van der Waals surface area (Å²) >= 11 is 5.89. The van der Waals surface area contributed by atoms with E-state index in [9.17, 15) is 9.59 Å². The van der Waals surface area contributed by atoms with Crippen molar-refractivity contribution in [2.24, 2.45) is 4.99 Å². The van der Waals surface area contributed by atoms with Crippen molar-refractivity contribution in [1.82, 2.24) is 10.2 Å². The lowest BCUT2D eigenvalue weighted by Crippen LogP contribution is -2.29. The number of likely N-dealkylation sites (N-methyl/N-ethyl adjacent to an activating group) is 1. The van der Waals surface area contributed by atoms with Crippen LogP contribution in [0.3, 0.4) is 0 Å². The van der Waals surface area contributed by atoms with Gasteiger partial charge in [-0.3, -0.25) is 10.1 Å². The molecule has 0 aromatic heterocycles. The van der Waals surface area contributed by atoms with E-state index in [2.05, 4.69) is 15.6 Å². The van der Waals surface area contributed by atoms with Gasteiger partial charge in [-0.15, -0.1) is 0 Å². The van der Waals surface area contributed by atoms with E-state index in [-0.39, 0.29) is 18.4 Å². The Morgan fingerprint density at radius 1 is 1.50 bits per heavy atom. The van der Waals surface area contributed by atoms with Gasteiger partial charge in [0.25, 0.3) is 0 Å². The number of carbonyl (C=O) groups is 2. The number of nitrogens with one attached hydrogen (secondary N) is 2. The first-order chi connectivity index (χ1) is 8.56. The quantitative estimate of drug-likeness (QED) is 0.804. The number of hydrogen-bond donors (Lipinski definition) is 2. The zero-order valence-electron chi connectivity index (χ0n) is 9.61. The second-order valence-electron chi connectivity index (χ2n) is 3.75. The Kier molecular flexibility index (Phi) is 3.47. The molecule has 1 fully saturated rings. The SMILES string of the molecule is CN1CC(=O)N/C1=N\C(=O)Nc1ccccc1Cl. The van der Waals surface area contributed by atoms with Crippen LogP contribution >= 0.6 is 11.6 Å². The summed E-state index contributed by atoms with van der Waals surface area (Å²) < 4.78 is 0. The van der Waals surface area contributed by atoms with Crippen LogP contribution in [0.15, 0.2) is 29.3 Å². The van der Waals surface area contributed by atoms with E-state index in [0.29, 0.717) is 10.7 Å². The second kappa shape index (κ2) is 5.05. The monoisotopic (exact) mass is 266 g/mol. The molecule has 1 saturated heterocycles. The van der Waals surface area contributed by atoms with Crippen molar-refractivity contribution in [3.63, 3.8) is 0 Å². The third-order valence-electron chi connectivity index (χ3n) is 2.32. The highest BCUT2D eigenvalue weighted by atomic mass is 35.5. The van der Waals surface area contributed by atoms with Crippen LogP contribution in [0.5, 0.6) is 0 Å². The van der Waals surface area contributed by atoms with Gasteiger partial charge in [-0.2, -0.15) is 4.99 Å².